The fourth-order valence-electron chi connectivity index (χ4n) is 2.59. The van der Waals surface area contributed by atoms with Crippen molar-refractivity contribution in [3.63, 3.8) is 0 Å². The summed E-state index contributed by atoms with van der Waals surface area (Å²) in [6.07, 6.45) is -0.954. The molecule has 2 rings (SSSR count). The molecule has 2 fully saturated rings. The number of ether oxygens (including phenoxy) is 1. The maximum atomic E-state index is 10.1. The highest BCUT2D eigenvalue weighted by molar-refractivity contribution is 6.17. The Hall–Kier alpha value is -0.785. The van der Waals surface area contributed by atoms with Crippen LogP contribution in [0.3, 0.4) is 0 Å². The Kier molecular flexibility index (Phi) is 2.40. The van der Waals surface area contributed by atoms with Crippen molar-refractivity contribution in [2.24, 2.45) is 11.7 Å². The summed E-state index contributed by atoms with van der Waals surface area (Å²) in [5, 5.41) is 26.7. The molecule has 5 N–H and O–H groups in total. The van der Waals surface area contributed by atoms with E-state index in [0.29, 0.717) is 6.54 Å². The number of nitrogens with one attached hydrogen (secondary N) is 1. The molecule has 2 heterocycles. The number of guanidine groups is 1. The van der Waals surface area contributed by atoms with Crippen LogP contribution in [-0.2, 0) is 4.74 Å². The first kappa shape index (κ1) is 10.7. The summed E-state index contributed by atoms with van der Waals surface area (Å²) >= 11 is 0. The molecule has 2 aliphatic heterocycles. The first-order valence-corrected chi connectivity index (χ1v) is 5.03. The van der Waals surface area contributed by atoms with Crippen molar-refractivity contribution in [3.8, 4) is 0 Å². The van der Waals surface area contributed by atoms with Gasteiger partial charge in [-0.15, -0.1) is 0 Å². The summed E-state index contributed by atoms with van der Waals surface area (Å²) in [6, 6.07) is 0. The predicted molar refractivity (Wildman–Crippen MR) is 56.2 cm³/mol. The zero-order valence-corrected chi connectivity index (χ0v) is 8.68. The van der Waals surface area contributed by atoms with E-state index in [9.17, 15) is 5.11 Å². The van der Waals surface area contributed by atoms with Crippen LogP contribution in [0.25, 0.3) is 0 Å². The molecule has 0 spiro atoms. The maximum Gasteiger partial charge on any atom is 0.188 e. The third-order valence-corrected chi connectivity index (χ3v) is 3.59. The van der Waals surface area contributed by atoms with Crippen LogP contribution in [0, 0.1) is 11.3 Å². The number of fused-ring (bicyclic) bond motifs is 2. The van der Waals surface area contributed by atoms with Gasteiger partial charge in [-0.1, -0.05) is 0 Å². The molecule has 4 atom stereocenters. The number of rotatable bonds is 1. The minimum atomic E-state index is -0.623. The molecule has 0 saturated carbocycles. The van der Waals surface area contributed by atoms with Crippen molar-refractivity contribution in [1.29, 1.82) is 5.41 Å². The highest BCUT2D eigenvalue weighted by Gasteiger charge is 2.56. The predicted octanol–water partition coefficient (Wildman–Crippen LogP) is -3.11. The van der Waals surface area contributed by atoms with Gasteiger partial charge in [-0.2, -0.15) is 0 Å². The normalized spacial score (nSPS) is 44.4. The Labute approximate surface area is 88.9 Å². The SMILES string of the molecule is BC12COC(CO)[C@H](CN1C(=N)N)C2O. The van der Waals surface area contributed by atoms with Gasteiger partial charge in [-0.05, 0) is 0 Å². The lowest BCUT2D eigenvalue weighted by Gasteiger charge is -2.41. The van der Waals surface area contributed by atoms with E-state index >= 15 is 0 Å². The quantitative estimate of drug-likeness (QED) is 0.210. The highest BCUT2D eigenvalue weighted by Crippen LogP contribution is 2.38. The Morgan fingerprint density at radius 3 is 2.93 bits per heavy atom. The number of likely N-dealkylation sites (tertiary alicyclic amines) is 1. The number of aliphatic hydroxyl groups excluding tert-OH is 2. The van der Waals surface area contributed by atoms with Gasteiger partial charge in [0.15, 0.2) is 5.96 Å². The summed E-state index contributed by atoms with van der Waals surface area (Å²) in [5.74, 6) is -0.223. The van der Waals surface area contributed by atoms with E-state index in [1.54, 1.807) is 4.90 Å². The third kappa shape index (κ3) is 1.34. The van der Waals surface area contributed by atoms with Crippen molar-refractivity contribution < 1.29 is 14.9 Å². The van der Waals surface area contributed by atoms with Crippen molar-refractivity contribution >= 4 is 13.8 Å². The Morgan fingerprint density at radius 2 is 2.40 bits per heavy atom. The van der Waals surface area contributed by atoms with Crippen molar-refractivity contribution in [2.45, 2.75) is 17.6 Å². The van der Waals surface area contributed by atoms with Crippen molar-refractivity contribution in [3.05, 3.63) is 0 Å². The molecule has 2 bridgehead atoms. The van der Waals surface area contributed by atoms with Gasteiger partial charge in [0.05, 0.1) is 30.9 Å². The lowest BCUT2D eigenvalue weighted by molar-refractivity contribution is -0.110. The minimum Gasteiger partial charge on any atom is -0.394 e. The molecule has 6 nitrogen and oxygen atoms in total. The van der Waals surface area contributed by atoms with Gasteiger partial charge in [-0.25, -0.2) is 0 Å². The van der Waals surface area contributed by atoms with Gasteiger partial charge in [0, 0.05) is 12.5 Å². The molecule has 0 aromatic rings. The smallest absolute Gasteiger partial charge is 0.188 e. The Balaban J connectivity index is 2.27. The van der Waals surface area contributed by atoms with Crippen LogP contribution in [-0.4, -0.2) is 66.3 Å². The molecule has 0 amide bonds. The number of nitrogens with zero attached hydrogens (tertiary/aromatic N) is 1. The van der Waals surface area contributed by atoms with Gasteiger partial charge in [0.1, 0.15) is 7.85 Å². The van der Waals surface area contributed by atoms with E-state index in [4.69, 9.17) is 21.0 Å². The standard InChI is InChI=1S/C8H16BN3O3/c9-8-3-15-5(2-13)4(6(8)14)1-12(8)7(10)11/h4-6,13-14H,1-3,9H2,(H3,10,11)/t4-,5?,6?,8?/m0/s1. The van der Waals surface area contributed by atoms with Crippen LogP contribution >= 0.6 is 0 Å². The van der Waals surface area contributed by atoms with Crippen LogP contribution in [0.5, 0.6) is 0 Å². The van der Waals surface area contributed by atoms with E-state index in [2.05, 4.69) is 0 Å². The number of nitrogens with two attached hydrogens (primary N) is 1. The zero-order chi connectivity index (χ0) is 11.2. The summed E-state index contributed by atoms with van der Waals surface area (Å²) in [6.45, 7) is 0.650. The fourth-order valence-corrected chi connectivity index (χ4v) is 2.59. The second-order valence-corrected chi connectivity index (χ2v) is 4.49. The molecule has 7 heteroatoms. The summed E-state index contributed by atoms with van der Waals surface area (Å²) in [5.41, 5.74) is 4.85. The van der Waals surface area contributed by atoms with Crippen LogP contribution in [0.2, 0.25) is 0 Å². The van der Waals surface area contributed by atoms with E-state index in [0.717, 1.165) is 0 Å². The first-order valence-electron chi connectivity index (χ1n) is 5.03. The number of hydrogen-bond donors (Lipinski definition) is 4. The van der Waals surface area contributed by atoms with Gasteiger partial charge in [0.2, 0.25) is 0 Å². The van der Waals surface area contributed by atoms with Gasteiger partial charge >= 0.3 is 0 Å². The fraction of sp³-hybridized carbons (Fsp3) is 0.875. The lowest BCUT2D eigenvalue weighted by atomic mass is 9.70. The number of hydrogen-bond acceptors (Lipinski definition) is 4. The maximum absolute atomic E-state index is 10.1. The first-order chi connectivity index (χ1) is 7.00. The largest absolute Gasteiger partial charge is 0.394 e. The van der Waals surface area contributed by atoms with E-state index in [1.807, 2.05) is 7.85 Å². The van der Waals surface area contributed by atoms with E-state index in [1.165, 1.54) is 0 Å². The minimum absolute atomic E-state index is 0.0544. The zero-order valence-electron chi connectivity index (χ0n) is 8.68. The van der Waals surface area contributed by atoms with Crippen molar-refractivity contribution in [2.75, 3.05) is 19.8 Å². The molecule has 0 radical (unpaired) electrons. The second-order valence-electron chi connectivity index (χ2n) is 4.49. The lowest BCUT2D eigenvalue weighted by Crippen LogP contribution is -2.61. The van der Waals surface area contributed by atoms with Crippen LogP contribution in [0.4, 0.5) is 0 Å². The van der Waals surface area contributed by atoms with Gasteiger partial charge in [-0.3, -0.25) is 5.41 Å². The molecule has 0 aromatic heterocycles. The molecule has 0 aliphatic carbocycles. The van der Waals surface area contributed by atoms with Gasteiger partial charge in [0.25, 0.3) is 0 Å². The summed E-state index contributed by atoms with van der Waals surface area (Å²) in [4.78, 5) is 1.65. The Morgan fingerprint density at radius 1 is 1.73 bits per heavy atom. The van der Waals surface area contributed by atoms with Crippen molar-refractivity contribution in [1.82, 2.24) is 4.90 Å². The molecular formula is C8H16BN3O3. The molecular weight excluding hydrogens is 197 g/mol. The molecule has 15 heavy (non-hydrogen) atoms. The average molecular weight is 213 g/mol. The average Bonchev–Trinajstić information content (AvgIpc) is 2.37. The van der Waals surface area contributed by atoms with E-state index in [-0.39, 0.29) is 31.2 Å². The molecule has 84 valence electrons. The van der Waals surface area contributed by atoms with Crippen LogP contribution < -0.4 is 5.73 Å². The molecule has 3 unspecified atom stereocenters. The van der Waals surface area contributed by atoms with Crippen LogP contribution in [0.15, 0.2) is 0 Å². The van der Waals surface area contributed by atoms with Gasteiger partial charge < -0.3 is 25.6 Å². The second kappa shape index (κ2) is 3.36. The highest BCUT2D eigenvalue weighted by atomic mass is 16.5. The monoisotopic (exact) mass is 213 g/mol. The molecule has 0 aromatic carbocycles. The Bertz CT molecular complexity index is 290. The topological polar surface area (TPSA) is 103 Å². The van der Waals surface area contributed by atoms with Crippen LogP contribution in [0.1, 0.15) is 0 Å². The summed E-state index contributed by atoms with van der Waals surface area (Å²) < 4.78 is 5.46. The summed E-state index contributed by atoms with van der Waals surface area (Å²) in [7, 11) is 1.83. The van der Waals surface area contributed by atoms with E-state index < -0.39 is 11.5 Å². The third-order valence-electron chi connectivity index (χ3n) is 3.59. The number of aliphatic hydroxyl groups is 2. The molecule has 2 aliphatic rings. The molecule has 2 saturated heterocycles.